The summed E-state index contributed by atoms with van der Waals surface area (Å²) in [6.45, 7) is 4.47. The molecule has 2 heteroatoms. The molecular formula is C19H20N2. The first kappa shape index (κ1) is 12.7. The Hall–Kier alpha value is -2.06. The minimum atomic E-state index is 0.0506. The number of nitrogens with one attached hydrogen (secondary N) is 1. The van der Waals surface area contributed by atoms with Crippen molar-refractivity contribution in [3.63, 3.8) is 0 Å². The molecule has 1 atom stereocenters. The molecule has 1 N–H and O–H groups in total. The van der Waals surface area contributed by atoms with Crippen molar-refractivity contribution in [3.8, 4) is 0 Å². The van der Waals surface area contributed by atoms with Gasteiger partial charge in [0, 0.05) is 30.2 Å². The first-order chi connectivity index (χ1) is 10.2. The average Bonchev–Trinajstić information content (AvgIpc) is 2.94. The second-order valence-electron chi connectivity index (χ2n) is 6.44. The molecule has 3 aromatic rings. The highest BCUT2D eigenvalue weighted by molar-refractivity contribution is 5.80. The molecule has 1 aromatic heterocycles. The summed E-state index contributed by atoms with van der Waals surface area (Å²) in [5.41, 5.74) is 5.57. The van der Waals surface area contributed by atoms with Crippen LogP contribution >= 0.6 is 0 Å². The predicted molar refractivity (Wildman–Crippen MR) is 87.5 cm³/mol. The van der Waals surface area contributed by atoms with Crippen LogP contribution in [-0.2, 0) is 12.0 Å². The summed E-state index contributed by atoms with van der Waals surface area (Å²) < 4.78 is 0. The number of benzene rings is 2. The van der Waals surface area contributed by atoms with E-state index in [0.29, 0.717) is 0 Å². The summed E-state index contributed by atoms with van der Waals surface area (Å²) in [4.78, 5) is 5.70. The minimum Gasteiger partial charge on any atom is -0.361 e. The maximum absolute atomic E-state index is 3.28. The standard InChI is InChI=1S/C19H20N2/c1-19(16-7-8-18-14(11-16)9-10-20-18)13-21(2)12-15-5-3-4-6-17(15)19/h3-11,20H,12-13H2,1-2H3. The van der Waals surface area contributed by atoms with Crippen LogP contribution in [0.4, 0.5) is 0 Å². The van der Waals surface area contributed by atoms with Gasteiger partial charge in [0.05, 0.1) is 0 Å². The smallest absolute Gasteiger partial charge is 0.0454 e. The third-order valence-corrected chi connectivity index (χ3v) is 4.83. The van der Waals surface area contributed by atoms with Gasteiger partial charge >= 0.3 is 0 Å². The van der Waals surface area contributed by atoms with Crippen molar-refractivity contribution in [2.75, 3.05) is 13.6 Å². The Morgan fingerprint density at radius 3 is 2.86 bits per heavy atom. The first-order valence-corrected chi connectivity index (χ1v) is 7.51. The summed E-state index contributed by atoms with van der Waals surface area (Å²) in [7, 11) is 2.21. The lowest BCUT2D eigenvalue weighted by atomic mass is 9.72. The normalized spacial score (nSPS) is 22.4. The van der Waals surface area contributed by atoms with Crippen LogP contribution in [0.25, 0.3) is 10.9 Å². The van der Waals surface area contributed by atoms with Crippen LogP contribution < -0.4 is 0 Å². The van der Waals surface area contributed by atoms with Gasteiger partial charge in [-0.1, -0.05) is 37.3 Å². The fraction of sp³-hybridized carbons (Fsp3) is 0.263. The number of H-pyrrole nitrogens is 1. The van der Waals surface area contributed by atoms with Crippen molar-refractivity contribution < 1.29 is 0 Å². The minimum absolute atomic E-state index is 0.0506. The number of likely N-dealkylation sites (N-methyl/N-ethyl adjacent to an activating group) is 1. The molecular weight excluding hydrogens is 256 g/mol. The van der Waals surface area contributed by atoms with Crippen LogP contribution in [0, 0.1) is 0 Å². The van der Waals surface area contributed by atoms with Crippen LogP contribution in [0.3, 0.4) is 0 Å². The Labute approximate surface area is 125 Å². The Balaban J connectivity index is 1.92. The van der Waals surface area contributed by atoms with Gasteiger partial charge in [-0.3, -0.25) is 0 Å². The van der Waals surface area contributed by atoms with E-state index >= 15 is 0 Å². The van der Waals surface area contributed by atoms with Gasteiger partial charge in [0.2, 0.25) is 0 Å². The van der Waals surface area contributed by atoms with E-state index in [1.165, 1.54) is 27.6 Å². The SMILES string of the molecule is CN1Cc2ccccc2C(C)(c2ccc3[nH]ccc3c2)C1. The van der Waals surface area contributed by atoms with Crippen molar-refractivity contribution >= 4 is 10.9 Å². The highest BCUT2D eigenvalue weighted by atomic mass is 15.1. The molecule has 2 nitrogen and oxygen atoms in total. The Morgan fingerprint density at radius 2 is 1.95 bits per heavy atom. The lowest BCUT2D eigenvalue weighted by molar-refractivity contribution is 0.248. The van der Waals surface area contributed by atoms with E-state index in [9.17, 15) is 0 Å². The van der Waals surface area contributed by atoms with Gasteiger partial charge in [-0.25, -0.2) is 0 Å². The topological polar surface area (TPSA) is 19.0 Å². The Morgan fingerprint density at radius 1 is 1.10 bits per heavy atom. The number of hydrogen-bond donors (Lipinski definition) is 1. The molecule has 0 saturated carbocycles. The fourth-order valence-electron chi connectivity index (χ4n) is 3.81. The van der Waals surface area contributed by atoms with Crippen LogP contribution in [-0.4, -0.2) is 23.5 Å². The highest BCUT2D eigenvalue weighted by Gasteiger charge is 2.35. The number of aromatic nitrogens is 1. The maximum Gasteiger partial charge on any atom is 0.0454 e. The molecule has 0 radical (unpaired) electrons. The second kappa shape index (κ2) is 4.47. The predicted octanol–water partition coefficient (Wildman–Crippen LogP) is 3.92. The monoisotopic (exact) mass is 276 g/mol. The zero-order chi connectivity index (χ0) is 14.4. The van der Waals surface area contributed by atoms with E-state index < -0.39 is 0 Å². The van der Waals surface area contributed by atoms with Gasteiger partial charge in [-0.2, -0.15) is 0 Å². The van der Waals surface area contributed by atoms with Crippen LogP contribution in [0.15, 0.2) is 54.7 Å². The molecule has 1 aliphatic heterocycles. The van der Waals surface area contributed by atoms with Crippen molar-refractivity contribution in [3.05, 3.63) is 71.4 Å². The van der Waals surface area contributed by atoms with Gasteiger partial charge in [0.15, 0.2) is 0 Å². The molecule has 4 rings (SSSR count). The third-order valence-electron chi connectivity index (χ3n) is 4.83. The molecule has 21 heavy (non-hydrogen) atoms. The van der Waals surface area contributed by atoms with Crippen molar-refractivity contribution in [1.82, 2.24) is 9.88 Å². The second-order valence-corrected chi connectivity index (χ2v) is 6.44. The summed E-state index contributed by atoms with van der Waals surface area (Å²) in [6.07, 6.45) is 2.01. The number of hydrogen-bond acceptors (Lipinski definition) is 1. The first-order valence-electron chi connectivity index (χ1n) is 7.51. The molecule has 0 aliphatic carbocycles. The molecule has 106 valence electrons. The summed E-state index contributed by atoms with van der Waals surface area (Å²) in [5, 5.41) is 1.29. The summed E-state index contributed by atoms with van der Waals surface area (Å²) >= 11 is 0. The van der Waals surface area contributed by atoms with E-state index in [1.807, 2.05) is 6.20 Å². The van der Waals surface area contributed by atoms with Crippen molar-refractivity contribution in [2.24, 2.45) is 0 Å². The summed E-state index contributed by atoms with van der Waals surface area (Å²) in [6, 6.07) is 17.8. The molecule has 0 saturated heterocycles. The third kappa shape index (κ3) is 1.90. The molecule has 0 fully saturated rings. The van der Waals surface area contributed by atoms with Crippen molar-refractivity contribution in [1.29, 1.82) is 0 Å². The average molecular weight is 276 g/mol. The van der Waals surface area contributed by atoms with Gasteiger partial charge in [-0.05, 0) is 47.3 Å². The lowest BCUT2D eigenvalue weighted by Crippen LogP contribution is -2.42. The van der Waals surface area contributed by atoms with E-state index in [1.54, 1.807) is 0 Å². The number of nitrogens with zero attached hydrogens (tertiary/aromatic N) is 1. The molecule has 1 aliphatic rings. The highest BCUT2D eigenvalue weighted by Crippen LogP contribution is 2.39. The summed E-state index contributed by atoms with van der Waals surface area (Å²) in [5.74, 6) is 0. The molecule has 2 heterocycles. The van der Waals surface area contributed by atoms with Crippen LogP contribution in [0.5, 0.6) is 0 Å². The van der Waals surface area contributed by atoms with Crippen LogP contribution in [0.1, 0.15) is 23.6 Å². The largest absolute Gasteiger partial charge is 0.361 e. The van der Waals surface area contributed by atoms with E-state index in [-0.39, 0.29) is 5.41 Å². The number of rotatable bonds is 1. The van der Waals surface area contributed by atoms with Gasteiger partial charge in [0.1, 0.15) is 0 Å². The van der Waals surface area contributed by atoms with E-state index in [4.69, 9.17) is 0 Å². The zero-order valence-electron chi connectivity index (χ0n) is 12.6. The van der Waals surface area contributed by atoms with Crippen LogP contribution in [0.2, 0.25) is 0 Å². The zero-order valence-corrected chi connectivity index (χ0v) is 12.6. The molecule has 0 amide bonds. The fourth-order valence-corrected chi connectivity index (χ4v) is 3.81. The molecule has 0 spiro atoms. The maximum atomic E-state index is 3.28. The number of fused-ring (bicyclic) bond motifs is 2. The quantitative estimate of drug-likeness (QED) is 0.714. The van der Waals surface area contributed by atoms with Gasteiger partial charge < -0.3 is 9.88 Å². The van der Waals surface area contributed by atoms with Crippen molar-refractivity contribution in [2.45, 2.75) is 18.9 Å². The van der Waals surface area contributed by atoms with E-state index in [2.05, 4.69) is 72.4 Å². The lowest BCUT2D eigenvalue weighted by Gasteiger charge is -2.41. The molecule has 1 unspecified atom stereocenters. The van der Waals surface area contributed by atoms with E-state index in [0.717, 1.165) is 13.1 Å². The Kier molecular flexibility index (Phi) is 2.69. The van der Waals surface area contributed by atoms with Gasteiger partial charge in [0.25, 0.3) is 0 Å². The molecule has 0 bridgehead atoms. The van der Waals surface area contributed by atoms with Gasteiger partial charge in [-0.15, -0.1) is 0 Å². The number of aromatic amines is 1. The Bertz CT molecular complexity index is 802. The molecule has 2 aromatic carbocycles.